The van der Waals surface area contributed by atoms with Crippen LogP contribution >= 0.6 is 12.2 Å². The molecule has 30 heavy (non-hydrogen) atoms. The highest BCUT2D eigenvalue weighted by Crippen LogP contribution is 2.43. The second kappa shape index (κ2) is 9.21. The van der Waals surface area contributed by atoms with Crippen molar-refractivity contribution in [2.75, 3.05) is 21.3 Å². The maximum atomic E-state index is 12.6. The molecule has 1 aromatic heterocycles. The van der Waals surface area contributed by atoms with E-state index in [-0.39, 0.29) is 22.3 Å². The van der Waals surface area contributed by atoms with Crippen LogP contribution < -0.4 is 25.2 Å². The first-order valence-corrected chi connectivity index (χ1v) is 10.0. The van der Waals surface area contributed by atoms with Crippen molar-refractivity contribution in [2.24, 2.45) is 5.10 Å². The fourth-order valence-corrected chi connectivity index (χ4v) is 3.79. The van der Waals surface area contributed by atoms with Crippen LogP contribution in [0.4, 0.5) is 0 Å². The fourth-order valence-electron chi connectivity index (χ4n) is 3.52. The van der Waals surface area contributed by atoms with E-state index in [9.17, 15) is 9.90 Å². The van der Waals surface area contributed by atoms with E-state index in [0.717, 1.165) is 18.4 Å². The lowest BCUT2D eigenvalue weighted by molar-refractivity contribution is 0.320. The van der Waals surface area contributed by atoms with Crippen LogP contribution in [0.15, 0.2) is 22.0 Å². The van der Waals surface area contributed by atoms with E-state index < -0.39 is 5.56 Å². The number of hydrogen-bond donors (Lipinski definition) is 3. The molecule has 2 aromatic rings. The molecule has 162 valence electrons. The van der Waals surface area contributed by atoms with Crippen molar-refractivity contribution in [3.05, 3.63) is 38.4 Å². The number of benzene rings is 1. The third-order valence-electron chi connectivity index (χ3n) is 5.06. The van der Waals surface area contributed by atoms with Gasteiger partial charge in [-0.3, -0.25) is 14.3 Å². The van der Waals surface area contributed by atoms with Gasteiger partial charge < -0.3 is 24.7 Å². The molecule has 0 saturated heterocycles. The summed E-state index contributed by atoms with van der Waals surface area (Å²) in [5.41, 5.74) is 3.92. The summed E-state index contributed by atoms with van der Waals surface area (Å²) in [4.78, 5) is 15.2. The average Bonchev–Trinajstić information content (AvgIpc) is 3.21. The number of ether oxygens (including phenoxy) is 3. The van der Waals surface area contributed by atoms with E-state index >= 15 is 0 Å². The van der Waals surface area contributed by atoms with Crippen molar-refractivity contribution in [2.45, 2.75) is 38.8 Å². The second-order valence-corrected chi connectivity index (χ2v) is 7.22. The van der Waals surface area contributed by atoms with Crippen LogP contribution in [0, 0.1) is 4.77 Å². The van der Waals surface area contributed by atoms with Gasteiger partial charge in [0.05, 0.1) is 33.1 Å². The number of rotatable bonds is 8. The van der Waals surface area contributed by atoms with Crippen LogP contribution in [0.1, 0.15) is 43.4 Å². The normalized spacial score (nSPS) is 15.5. The lowest BCUT2D eigenvalue weighted by Gasteiger charge is -2.19. The van der Waals surface area contributed by atoms with Gasteiger partial charge >= 0.3 is 0 Å². The maximum absolute atomic E-state index is 12.6. The minimum absolute atomic E-state index is 0.120. The molecule has 3 rings (SSSR count). The molecular weight excluding hydrogens is 408 g/mol. The highest BCUT2D eigenvalue weighted by atomic mass is 32.1. The first kappa shape index (κ1) is 21.7. The number of nitrogens with zero attached hydrogens (tertiary/aromatic N) is 2. The SMILES string of the molecule is CCCCn1c(O)c(C2=NNC(c3ccc(OC)c(OC)c3OC)C2)c(=O)[nH]c1=S. The summed E-state index contributed by atoms with van der Waals surface area (Å²) >= 11 is 5.21. The summed E-state index contributed by atoms with van der Waals surface area (Å²) in [5.74, 6) is 1.37. The monoisotopic (exact) mass is 434 g/mol. The molecule has 0 saturated carbocycles. The average molecular weight is 435 g/mol. The molecule has 0 spiro atoms. The topological polar surface area (TPSA) is 110 Å². The van der Waals surface area contributed by atoms with Crippen molar-refractivity contribution >= 4 is 17.9 Å². The van der Waals surface area contributed by atoms with Gasteiger partial charge in [-0.1, -0.05) is 13.3 Å². The van der Waals surface area contributed by atoms with Crippen LogP contribution in [0.2, 0.25) is 0 Å². The van der Waals surface area contributed by atoms with Crippen LogP contribution in [0.25, 0.3) is 0 Å². The van der Waals surface area contributed by atoms with E-state index in [1.807, 2.05) is 13.0 Å². The highest BCUT2D eigenvalue weighted by Gasteiger charge is 2.30. The van der Waals surface area contributed by atoms with Gasteiger partial charge in [-0.2, -0.15) is 5.10 Å². The van der Waals surface area contributed by atoms with Crippen LogP contribution in [-0.4, -0.2) is 41.7 Å². The Morgan fingerprint density at radius 3 is 2.60 bits per heavy atom. The molecular formula is C20H26N4O5S. The summed E-state index contributed by atoms with van der Waals surface area (Å²) in [6.45, 7) is 2.55. The summed E-state index contributed by atoms with van der Waals surface area (Å²) in [6.07, 6.45) is 2.12. The van der Waals surface area contributed by atoms with Crippen molar-refractivity contribution < 1.29 is 19.3 Å². The minimum Gasteiger partial charge on any atom is -0.494 e. The molecule has 0 amide bonds. The zero-order chi connectivity index (χ0) is 21.8. The number of unbranched alkanes of at least 4 members (excludes halogenated alkanes) is 1. The van der Waals surface area contributed by atoms with Crippen molar-refractivity contribution in [3.63, 3.8) is 0 Å². The maximum Gasteiger partial charge on any atom is 0.264 e. The molecule has 10 heteroatoms. The van der Waals surface area contributed by atoms with Crippen molar-refractivity contribution in [1.82, 2.24) is 15.0 Å². The molecule has 1 aliphatic heterocycles. The lowest BCUT2D eigenvalue weighted by atomic mass is 9.98. The third-order valence-corrected chi connectivity index (χ3v) is 5.38. The highest BCUT2D eigenvalue weighted by molar-refractivity contribution is 7.71. The Morgan fingerprint density at radius 1 is 1.23 bits per heavy atom. The summed E-state index contributed by atoms with van der Waals surface area (Å²) in [6, 6.07) is 3.36. The van der Waals surface area contributed by atoms with Crippen molar-refractivity contribution in [1.29, 1.82) is 0 Å². The molecule has 1 aromatic carbocycles. The number of aromatic hydroxyl groups is 1. The summed E-state index contributed by atoms with van der Waals surface area (Å²) in [7, 11) is 4.64. The van der Waals surface area contributed by atoms with Gasteiger partial charge in [0.15, 0.2) is 16.3 Å². The Labute approximate surface area is 179 Å². The zero-order valence-corrected chi connectivity index (χ0v) is 18.3. The molecule has 9 nitrogen and oxygen atoms in total. The smallest absolute Gasteiger partial charge is 0.264 e. The standard InChI is InChI=1S/C20H26N4O5S/c1-5-6-9-24-19(26)15(18(25)21-20(24)30)13-10-12(22-23-13)11-7-8-14(27-2)17(29-4)16(11)28-3/h7-8,12,22,26H,5-6,9-10H2,1-4H3,(H,21,25,30). The third kappa shape index (κ3) is 3.87. The Morgan fingerprint density at radius 2 is 1.97 bits per heavy atom. The van der Waals surface area contributed by atoms with Gasteiger partial charge in [0.1, 0.15) is 5.56 Å². The second-order valence-electron chi connectivity index (χ2n) is 6.83. The first-order valence-electron chi connectivity index (χ1n) is 9.64. The minimum atomic E-state index is -0.467. The van der Waals surface area contributed by atoms with Gasteiger partial charge in [-0.25, -0.2) is 0 Å². The number of hydrazone groups is 1. The van der Waals surface area contributed by atoms with E-state index in [1.54, 1.807) is 20.3 Å². The largest absolute Gasteiger partial charge is 0.494 e. The molecule has 1 atom stereocenters. The van der Waals surface area contributed by atoms with E-state index in [0.29, 0.717) is 35.9 Å². The molecule has 3 N–H and O–H groups in total. The molecule has 0 aliphatic carbocycles. The van der Waals surface area contributed by atoms with Gasteiger partial charge in [0.25, 0.3) is 5.56 Å². The zero-order valence-electron chi connectivity index (χ0n) is 17.4. The van der Waals surface area contributed by atoms with Crippen molar-refractivity contribution in [3.8, 4) is 23.1 Å². The molecule has 0 radical (unpaired) electrons. The number of H-pyrrole nitrogens is 1. The van der Waals surface area contributed by atoms with Gasteiger partial charge in [0.2, 0.25) is 11.6 Å². The number of methoxy groups -OCH3 is 3. The molecule has 1 aliphatic rings. The Kier molecular flexibility index (Phi) is 6.66. The van der Waals surface area contributed by atoms with E-state index in [1.165, 1.54) is 11.7 Å². The summed E-state index contributed by atoms with van der Waals surface area (Å²) in [5, 5.41) is 15.1. The van der Waals surface area contributed by atoms with E-state index in [2.05, 4.69) is 15.5 Å². The number of hydrogen-bond acceptors (Lipinski definition) is 8. The van der Waals surface area contributed by atoms with Gasteiger partial charge in [0, 0.05) is 18.5 Å². The fraction of sp³-hybridized carbons (Fsp3) is 0.450. The van der Waals surface area contributed by atoms with Gasteiger partial charge in [-0.15, -0.1) is 0 Å². The Hall–Kier alpha value is -3.01. The summed E-state index contributed by atoms with van der Waals surface area (Å²) < 4.78 is 18.1. The number of nitrogens with one attached hydrogen (secondary N) is 2. The van der Waals surface area contributed by atoms with E-state index in [4.69, 9.17) is 26.4 Å². The van der Waals surface area contributed by atoms with Gasteiger partial charge in [-0.05, 0) is 30.8 Å². The van der Waals surface area contributed by atoms with Crippen LogP contribution in [0.5, 0.6) is 23.1 Å². The first-order chi connectivity index (χ1) is 14.5. The molecule has 1 unspecified atom stereocenters. The number of aromatic nitrogens is 2. The predicted octanol–water partition coefficient (Wildman–Crippen LogP) is 2.88. The quantitative estimate of drug-likeness (QED) is 0.548. The van der Waals surface area contributed by atoms with Crippen LogP contribution in [-0.2, 0) is 6.54 Å². The molecule has 0 bridgehead atoms. The number of aromatic amines is 1. The Bertz CT molecular complexity index is 1080. The predicted molar refractivity (Wildman–Crippen MR) is 116 cm³/mol. The lowest BCUT2D eigenvalue weighted by Crippen LogP contribution is -2.23. The molecule has 2 heterocycles. The molecule has 0 fully saturated rings. The Balaban J connectivity index is 1.97. The van der Waals surface area contributed by atoms with Crippen LogP contribution in [0.3, 0.4) is 0 Å².